The maximum Gasteiger partial charge on any atom is 0.318 e. The third kappa shape index (κ3) is 3.02. The highest BCUT2D eigenvalue weighted by molar-refractivity contribution is 5.95. The van der Waals surface area contributed by atoms with Crippen molar-refractivity contribution < 1.29 is 9.59 Å². The molecule has 0 saturated heterocycles. The van der Waals surface area contributed by atoms with Crippen molar-refractivity contribution in [3.05, 3.63) is 11.9 Å². The minimum atomic E-state index is -0.882. The molecule has 1 unspecified atom stereocenters. The number of amides is 3. The van der Waals surface area contributed by atoms with Crippen LogP contribution in [0.2, 0.25) is 0 Å². The Hall–Kier alpha value is -1.96. The van der Waals surface area contributed by atoms with Crippen LogP contribution in [0.5, 0.6) is 0 Å². The number of imide groups is 1. The van der Waals surface area contributed by atoms with Crippen molar-refractivity contribution in [3.8, 4) is 0 Å². The Kier molecular flexibility index (Phi) is 3.95. The summed E-state index contributed by atoms with van der Waals surface area (Å²) < 4.78 is 1.37. The van der Waals surface area contributed by atoms with E-state index in [4.69, 9.17) is 5.73 Å². The number of nitrogens with two attached hydrogens (primary N) is 1. The summed E-state index contributed by atoms with van der Waals surface area (Å²) >= 11 is 0. The average molecular weight is 226 g/mol. The molecule has 88 valence electrons. The van der Waals surface area contributed by atoms with Gasteiger partial charge >= 0.3 is 6.03 Å². The van der Waals surface area contributed by atoms with Crippen LogP contribution in [-0.2, 0) is 11.3 Å². The lowest BCUT2D eigenvalue weighted by atomic mass is 10.3. The zero-order valence-electron chi connectivity index (χ0n) is 9.10. The van der Waals surface area contributed by atoms with Crippen LogP contribution in [0.3, 0.4) is 0 Å². The van der Waals surface area contributed by atoms with Gasteiger partial charge in [0, 0.05) is 6.54 Å². The molecular weight excluding hydrogens is 212 g/mol. The molecule has 0 aliphatic rings. The monoisotopic (exact) mass is 226 g/mol. The molecule has 1 aromatic heterocycles. The van der Waals surface area contributed by atoms with Gasteiger partial charge in [-0.1, -0.05) is 5.21 Å². The number of carbonyl (C=O) groups is 2. The second-order valence-electron chi connectivity index (χ2n) is 3.25. The van der Waals surface area contributed by atoms with Crippen LogP contribution in [0.4, 0.5) is 4.79 Å². The Morgan fingerprint density at radius 1 is 1.62 bits per heavy atom. The van der Waals surface area contributed by atoms with Crippen molar-refractivity contribution in [2.45, 2.75) is 19.5 Å². The maximum atomic E-state index is 11.4. The topological polar surface area (TPSA) is 115 Å². The summed E-state index contributed by atoms with van der Waals surface area (Å²) in [5, 5.41) is 12.5. The first-order valence-electron chi connectivity index (χ1n) is 4.70. The molecule has 1 heterocycles. The maximum absolute atomic E-state index is 11.4. The van der Waals surface area contributed by atoms with Crippen LogP contribution in [0.25, 0.3) is 0 Å². The highest BCUT2D eigenvalue weighted by Crippen LogP contribution is 2.04. The largest absolute Gasteiger partial charge is 0.351 e. The van der Waals surface area contributed by atoms with Gasteiger partial charge in [-0.15, -0.1) is 5.10 Å². The van der Waals surface area contributed by atoms with Crippen LogP contribution in [-0.4, -0.2) is 34.0 Å². The Bertz CT molecular complexity index is 388. The number of nitrogens with one attached hydrogen (secondary N) is 2. The Labute approximate surface area is 92.2 Å². The number of rotatable bonds is 4. The van der Waals surface area contributed by atoms with Crippen LogP contribution in [0, 0.1) is 0 Å². The zero-order chi connectivity index (χ0) is 12.1. The Morgan fingerprint density at radius 3 is 2.88 bits per heavy atom. The van der Waals surface area contributed by atoms with Gasteiger partial charge in [0.2, 0.25) is 0 Å². The van der Waals surface area contributed by atoms with Gasteiger partial charge in [-0.2, -0.15) is 0 Å². The fourth-order valence-electron chi connectivity index (χ4n) is 1.11. The van der Waals surface area contributed by atoms with Crippen LogP contribution < -0.4 is 16.4 Å². The van der Waals surface area contributed by atoms with E-state index in [2.05, 4.69) is 15.6 Å². The normalized spacial score (nSPS) is 12.1. The van der Waals surface area contributed by atoms with Gasteiger partial charge in [0.05, 0.1) is 11.9 Å². The fourth-order valence-corrected chi connectivity index (χ4v) is 1.11. The Balaban J connectivity index is 2.68. The molecule has 1 atom stereocenters. The molecule has 3 amide bonds. The average Bonchev–Trinajstić information content (AvgIpc) is 2.64. The summed E-state index contributed by atoms with van der Waals surface area (Å²) in [5.74, 6) is -0.520. The minimum absolute atomic E-state index is 0.520. The zero-order valence-corrected chi connectivity index (χ0v) is 9.10. The summed E-state index contributed by atoms with van der Waals surface area (Å²) in [7, 11) is 1.78. The molecule has 8 nitrogen and oxygen atoms in total. The molecule has 0 bridgehead atoms. The second-order valence-corrected chi connectivity index (χ2v) is 3.25. The number of urea groups is 1. The predicted octanol–water partition coefficient (Wildman–Crippen LogP) is -1.25. The van der Waals surface area contributed by atoms with Crippen molar-refractivity contribution >= 4 is 11.9 Å². The van der Waals surface area contributed by atoms with E-state index < -0.39 is 18.0 Å². The van der Waals surface area contributed by atoms with Gasteiger partial charge in [-0.05, 0) is 14.0 Å². The van der Waals surface area contributed by atoms with E-state index in [9.17, 15) is 9.59 Å². The number of primary amides is 1. The first kappa shape index (κ1) is 12.1. The molecule has 0 aromatic carbocycles. The Morgan fingerprint density at radius 2 is 2.31 bits per heavy atom. The minimum Gasteiger partial charge on any atom is -0.351 e. The first-order valence-corrected chi connectivity index (χ1v) is 4.70. The number of hydrogen-bond acceptors (Lipinski definition) is 5. The van der Waals surface area contributed by atoms with E-state index in [1.165, 1.54) is 4.68 Å². The lowest BCUT2D eigenvalue weighted by Gasteiger charge is -2.09. The van der Waals surface area contributed by atoms with Crippen LogP contribution in [0.1, 0.15) is 18.7 Å². The van der Waals surface area contributed by atoms with Gasteiger partial charge in [0.1, 0.15) is 6.04 Å². The molecule has 1 rings (SSSR count). The fraction of sp³-hybridized carbons (Fsp3) is 0.500. The summed E-state index contributed by atoms with van der Waals surface area (Å²) in [6.45, 7) is 2.15. The molecule has 8 heteroatoms. The van der Waals surface area contributed by atoms with Gasteiger partial charge in [0.25, 0.3) is 5.91 Å². The molecular formula is C8H14N6O2. The lowest BCUT2D eigenvalue weighted by Crippen LogP contribution is -2.39. The number of hydrogen-bond donors (Lipinski definition) is 3. The number of carbonyl (C=O) groups excluding carboxylic acids is 2. The summed E-state index contributed by atoms with van der Waals surface area (Å²) in [6, 6.07) is -1.52. The second kappa shape index (κ2) is 5.21. The van der Waals surface area contributed by atoms with Crippen molar-refractivity contribution in [1.29, 1.82) is 0 Å². The highest BCUT2D eigenvalue weighted by atomic mass is 16.2. The van der Waals surface area contributed by atoms with Crippen LogP contribution >= 0.6 is 0 Å². The standard InChI is InChI=1S/C8H14N6O2/c1-5(7(15)11-8(9)16)14-4-6(3-10-2)12-13-14/h4-5,10H,3H2,1-2H3,(H3,9,11,15,16). The van der Waals surface area contributed by atoms with E-state index in [1.807, 2.05) is 5.32 Å². The molecule has 16 heavy (non-hydrogen) atoms. The molecule has 1 aromatic rings. The number of nitrogens with zero attached hydrogens (tertiary/aromatic N) is 3. The molecule has 0 radical (unpaired) electrons. The predicted molar refractivity (Wildman–Crippen MR) is 55.2 cm³/mol. The van der Waals surface area contributed by atoms with Gasteiger partial charge in [-0.25, -0.2) is 9.48 Å². The van der Waals surface area contributed by atoms with Gasteiger partial charge < -0.3 is 11.1 Å². The third-order valence-electron chi connectivity index (χ3n) is 1.94. The quantitative estimate of drug-likeness (QED) is 0.593. The van der Waals surface area contributed by atoms with E-state index in [0.29, 0.717) is 12.2 Å². The third-order valence-corrected chi connectivity index (χ3v) is 1.94. The van der Waals surface area contributed by atoms with Crippen molar-refractivity contribution in [1.82, 2.24) is 25.6 Å². The molecule has 0 spiro atoms. The molecule has 0 fully saturated rings. The van der Waals surface area contributed by atoms with E-state index in [1.54, 1.807) is 20.2 Å². The van der Waals surface area contributed by atoms with Gasteiger partial charge in [0.15, 0.2) is 0 Å². The van der Waals surface area contributed by atoms with E-state index in [0.717, 1.165) is 0 Å². The van der Waals surface area contributed by atoms with E-state index >= 15 is 0 Å². The number of aromatic nitrogens is 3. The SMILES string of the molecule is CNCc1cn(C(C)C(=O)NC(N)=O)nn1. The highest BCUT2D eigenvalue weighted by Gasteiger charge is 2.17. The first-order chi connectivity index (χ1) is 7.54. The molecule has 0 aliphatic heterocycles. The van der Waals surface area contributed by atoms with Crippen molar-refractivity contribution in [2.75, 3.05) is 7.05 Å². The summed E-state index contributed by atoms with van der Waals surface area (Å²) in [6.07, 6.45) is 1.63. The molecule has 0 aliphatic carbocycles. The van der Waals surface area contributed by atoms with E-state index in [-0.39, 0.29) is 0 Å². The summed E-state index contributed by atoms with van der Waals surface area (Å²) in [4.78, 5) is 21.9. The summed E-state index contributed by atoms with van der Waals surface area (Å²) in [5.41, 5.74) is 5.55. The van der Waals surface area contributed by atoms with Gasteiger partial charge in [-0.3, -0.25) is 10.1 Å². The molecule has 0 saturated carbocycles. The molecule has 4 N–H and O–H groups in total. The lowest BCUT2D eigenvalue weighted by molar-refractivity contribution is -0.123. The van der Waals surface area contributed by atoms with Crippen LogP contribution in [0.15, 0.2) is 6.20 Å². The van der Waals surface area contributed by atoms with Crippen molar-refractivity contribution in [2.24, 2.45) is 5.73 Å². The van der Waals surface area contributed by atoms with Crippen molar-refractivity contribution in [3.63, 3.8) is 0 Å². The smallest absolute Gasteiger partial charge is 0.318 e.